The maximum Gasteiger partial charge on any atom is 0.165 e. The van der Waals surface area contributed by atoms with Gasteiger partial charge in [-0.25, -0.2) is 4.39 Å². The Balaban J connectivity index is 2.04. The zero-order valence-corrected chi connectivity index (χ0v) is 12.3. The van der Waals surface area contributed by atoms with Crippen LogP contribution in [-0.4, -0.2) is 24.8 Å². The number of aliphatic hydroxyl groups is 1. The molecule has 0 saturated heterocycles. The van der Waals surface area contributed by atoms with E-state index in [0.29, 0.717) is 24.4 Å². The van der Waals surface area contributed by atoms with Crippen LogP contribution in [0, 0.1) is 5.82 Å². The third kappa shape index (κ3) is 3.30. The quantitative estimate of drug-likeness (QED) is 0.872. The largest absolute Gasteiger partial charge is 0.494 e. The molecule has 0 atom stereocenters. The first kappa shape index (κ1) is 15.3. The summed E-state index contributed by atoms with van der Waals surface area (Å²) in [4.78, 5) is 0. The van der Waals surface area contributed by atoms with Gasteiger partial charge in [0.25, 0.3) is 0 Å². The molecule has 1 aliphatic rings. The molecule has 0 radical (unpaired) electrons. The highest BCUT2D eigenvalue weighted by Crippen LogP contribution is 2.38. The van der Waals surface area contributed by atoms with Crippen LogP contribution in [0.25, 0.3) is 0 Å². The molecule has 0 aromatic heterocycles. The van der Waals surface area contributed by atoms with Gasteiger partial charge >= 0.3 is 0 Å². The highest BCUT2D eigenvalue weighted by Gasteiger charge is 2.35. The predicted molar refractivity (Wildman–Crippen MR) is 77.4 cm³/mol. The van der Waals surface area contributed by atoms with Crippen molar-refractivity contribution in [2.45, 2.75) is 50.7 Å². The lowest BCUT2D eigenvalue weighted by molar-refractivity contribution is -0.00855. The second-order valence-corrected chi connectivity index (χ2v) is 5.61. The minimum absolute atomic E-state index is 0.218. The molecular formula is C16H24FNO2. The van der Waals surface area contributed by atoms with E-state index < -0.39 is 11.4 Å². The number of methoxy groups -OCH3 is 1. The standard InChI is InChI=1S/C16H24FNO2/c1-3-10-18-13-6-8-16(19,9-7-13)12-4-5-15(20-2)14(17)11-12/h4-5,11,13,18-19H,3,6-10H2,1-2H3. The van der Waals surface area contributed by atoms with Crippen molar-refractivity contribution < 1.29 is 14.2 Å². The van der Waals surface area contributed by atoms with Gasteiger partial charge in [-0.2, -0.15) is 0 Å². The number of hydrogen-bond donors (Lipinski definition) is 2. The molecule has 112 valence electrons. The molecule has 1 aromatic carbocycles. The van der Waals surface area contributed by atoms with Crippen LogP contribution < -0.4 is 10.1 Å². The fourth-order valence-electron chi connectivity index (χ4n) is 2.89. The van der Waals surface area contributed by atoms with Crippen molar-refractivity contribution in [1.82, 2.24) is 5.32 Å². The van der Waals surface area contributed by atoms with Gasteiger partial charge in [0.05, 0.1) is 12.7 Å². The van der Waals surface area contributed by atoms with Crippen molar-refractivity contribution in [1.29, 1.82) is 0 Å². The van der Waals surface area contributed by atoms with E-state index in [4.69, 9.17) is 4.74 Å². The Morgan fingerprint density at radius 1 is 1.40 bits per heavy atom. The Labute approximate surface area is 120 Å². The maximum absolute atomic E-state index is 13.8. The zero-order valence-electron chi connectivity index (χ0n) is 12.3. The molecule has 1 aliphatic carbocycles. The van der Waals surface area contributed by atoms with Crippen LogP contribution in [0.15, 0.2) is 18.2 Å². The summed E-state index contributed by atoms with van der Waals surface area (Å²) in [6, 6.07) is 5.23. The lowest BCUT2D eigenvalue weighted by atomic mass is 9.77. The second-order valence-electron chi connectivity index (χ2n) is 5.61. The average molecular weight is 281 g/mol. The molecule has 2 rings (SSSR count). The van der Waals surface area contributed by atoms with E-state index in [9.17, 15) is 9.50 Å². The molecule has 2 N–H and O–H groups in total. The minimum atomic E-state index is -0.905. The number of rotatable bonds is 5. The molecule has 1 saturated carbocycles. The molecule has 4 heteroatoms. The second kappa shape index (κ2) is 6.55. The van der Waals surface area contributed by atoms with Crippen LogP contribution in [0.4, 0.5) is 4.39 Å². The highest BCUT2D eigenvalue weighted by molar-refractivity contribution is 5.32. The fraction of sp³-hybridized carbons (Fsp3) is 0.625. The molecule has 0 amide bonds. The maximum atomic E-state index is 13.8. The van der Waals surface area contributed by atoms with Crippen molar-refractivity contribution in [3.05, 3.63) is 29.6 Å². The summed E-state index contributed by atoms with van der Waals surface area (Å²) in [5, 5.41) is 14.2. The lowest BCUT2D eigenvalue weighted by Gasteiger charge is -2.37. The first-order chi connectivity index (χ1) is 9.59. The molecular weight excluding hydrogens is 257 g/mol. The molecule has 0 bridgehead atoms. The van der Waals surface area contributed by atoms with E-state index in [-0.39, 0.29) is 5.75 Å². The van der Waals surface area contributed by atoms with Crippen molar-refractivity contribution in [3.63, 3.8) is 0 Å². The third-order valence-electron chi connectivity index (χ3n) is 4.18. The average Bonchev–Trinajstić information content (AvgIpc) is 2.46. The first-order valence-electron chi connectivity index (χ1n) is 7.39. The molecule has 0 spiro atoms. The van der Waals surface area contributed by atoms with Crippen molar-refractivity contribution in [2.75, 3.05) is 13.7 Å². The van der Waals surface area contributed by atoms with Gasteiger partial charge in [0, 0.05) is 6.04 Å². The van der Waals surface area contributed by atoms with Crippen molar-refractivity contribution >= 4 is 0 Å². The summed E-state index contributed by atoms with van der Waals surface area (Å²) in [6.07, 6.45) is 4.29. The Kier molecular flexibility index (Phi) is 5.00. The van der Waals surface area contributed by atoms with Crippen LogP contribution in [0.5, 0.6) is 5.75 Å². The van der Waals surface area contributed by atoms with E-state index in [1.165, 1.54) is 13.2 Å². The molecule has 0 aliphatic heterocycles. The third-order valence-corrected chi connectivity index (χ3v) is 4.18. The molecule has 20 heavy (non-hydrogen) atoms. The fourth-order valence-corrected chi connectivity index (χ4v) is 2.89. The summed E-state index contributed by atoms with van der Waals surface area (Å²) in [5.41, 5.74) is -0.248. The van der Waals surface area contributed by atoms with Gasteiger partial charge in [0.1, 0.15) is 0 Å². The van der Waals surface area contributed by atoms with E-state index in [0.717, 1.165) is 25.8 Å². The smallest absolute Gasteiger partial charge is 0.165 e. The molecule has 1 fully saturated rings. The van der Waals surface area contributed by atoms with Gasteiger partial charge in [-0.1, -0.05) is 13.0 Å². The molecule has 1 aromatic rings. The molecule has 0 unspecified atom stereocenters. The van der Waals surface area contributed by atoms with Crippen LogP contribution in [0.2, 0.25) is 0 Å². The molecule has 3 nitrogen and oxygen atoms in total. The first-order valence-corrected chi connectivity index (χ1v) is 7.39. The van der Waals surface area contributed by atoms with Crippen molar-refractivity contribution in [2.24, 2.45) is 0 Å². The molecule has 0 heterocycles. The Hall–Kier alpha value is -1.13. The van der Waals surface area contributed by atoms with Gasteiger partial charge in [-0.3, -0.25) is 0 Å². The van der Waals surface area contributed by atoms with E-state index in [1.807, 2.05) is 0 Å². The van der Waals surface area contributed by atoms with Crippen LogP contribution >= 0.6 is 0 Å². The van der Waals surface area contributed by atoms with Crippen molar-refractivity contribution in [3.8, 4) is 5.75 Å². The zero-order chi connectivity index (χ0) is 14.6. The summed E-state index contributed by atoms with van der Waals surface area (Å²) in [6.45, 7) is 3.16. The topological polar surface area (TPSA) is 41.5 Å². The monoisotopic (exact) mass is 281 g/mol. The summed E-state index contributed by atoms with van der Waals surface area (Å²) in [5.74, 6) is -0.194. The Bertz CT molecular complexity index is 442. The lowest BCUT2D eigenvalue weighted by Crippen LogP contribution is -2.40. The van der Waals surface area contributed by atoms with Gasteiger partial charge < -0.3 is 15.2 Å². The number of hydrogen-bond acceptors (Lipinski definition) is 3. The normalized spacial score (nSPS) is 26.5. The number of ether oxygens (including phenoxy) is 1. The van der Waals surface area contributed by atoms with Crippen LogP contribution in [0.1, 0.15) is 44.6 Å². The van der Waals surface area contributed by atoms with E-state index in [2.05, 4.69) is 12.2 Å². The van der Waals surface area contributed by atoms with Gasteiger partial charge in [-0.05, 0) is 56.3 Å². The van der Waals surface area contributed by atoms with Gasteiger partial charge in [-0.15, -0.1) is 0 Å². The SMILES string of the molecule is CCCNC1CCC(O)(c2ccc(OC)c(F)c2)CC1. The number of benzene rings is 1. The van der Waals surface area contributed by atoms with Crippen LogP contribution in [0.3, 0.4) is 0 Å². The summed E-state index contributed by atoms with van der Waals surface area (Å²) >= 11 is 0. The number of nitrogens with one attached hydrogen (secondary N) is 1. The van der Waals surface area contributed by atoms with Crippen LogP contribution in [-0.2, 0) is 5.60 Å². The minimum Gasteiger partial charge on any atom is -0.494 e. The highest BCUT2D eigenvalue weighted by atomic mass is 19.1. The van der Waals surface area contributed by atoms with Gasteiger partial charge in [0.15, 0.2) is 11.6 Å². The van der Waals surface area contributed by atoms with Gasteiger partial charge in [0.2, 0.25) is 0 Å². The summed E-state index contributed by atoms with van der Waals surface area (Å²) < 4.78 is 18.7. The Morgan fingerprint density at radius 2 is 2.10 bits per heavy atom. The summed E-state index contributed by atoms with van der Waals surface area (Å²) in [7, 11) is 1.44. The Morgan fingerprint density at radius 3 is 2.65 bits per heavy atom. The van der Waals surface area contributed by atoms with E-state index >= 15 is 0 Å². The predicted octanol–water partition coefficient (Wildman–Crippen LogP) is 2.96. The van der Waals surface area contributed by atoms with E-state index in [1.54, 1.807) is 12.1 Å². The number of halogens is 1.